The van der Waals surface area contributed by atoms with Gasteiger partial charge in [0.1, 0.15) is 5.82 Å². The molecule has 0 bridgehead atoms. The summed E-state index contributed by atoms with van der Waals surface area (Å²) < 4.78 is 2.77. The minimum Gasteiger partial charge on any atom is -0.304 e. The zero-order chi connectivity index (χ0) is 11.4. The molecule has 0 radical (unpaired) electrons. The van der Waals surface area contributed by atoms with E-state index in [0.29, 0.717) is 4.77 Å². The van der Waals surface area contributed by atoms with Gasteiger partial charge in [-0.15, -0.1) is 11.3 Å². The van der Waals surface area contributed by atoms with Crippen molar-refractivity contribution in [3.63, 3.8) is 0 Å². The molecule has 0 atom stereocenters. The summed E-state index contributed by atoms with van der Waals surface area (Å²) in [5.74, 6) is 1.04. The average molecular weight is 254 g/mol. The third-order valence-corrected chi connectivity index (χ3v) is 3.33. The number of rotatable bonds is 5. The van der Waals surface area contributed by atoms with Crippen molar-refractivity contribution >= 4 is 23.6 Å². The van der Waals surface area contributed by atoms with Crippen LogP contribution >= 0.6 is 23.6 Å². The molecular weight excluding hydrogens is 240 g/mol. The largest absolute Gasteiger partial charge is 0.304 e. The van der Waals surface area contributed by atoms with E-state index in [1.165, 1.54) is 0 Å². The quantitative estimate of drug-likeness (QED) is 0.834. The monoisotopic (exact) mass is 254 g/mol. The van der Waals surface area contributed by atoms with Crippen LogP contribution in [0, 0.1) is 4.77 Å². The van der Waals surface area contributed by atoms with Crippen molar-refractivity contribution in [3.8, 4) is 0 Å². The van der Waals surface area contributed by atoms with Crippen molar-refractivity contribution in [2.45, 2.75) is 32.7 Å². The molecule has 2 aromatic heterocycles. The maximum absolute atomic E-state index is 5.21. The number of aryl methyl sites for hydroxylation is 2. The Labute approximate surface area is 103 Å². The van der Waals surface area contributed by atoms with E-state index < -0.39 is 0 Å². The zero-order valence-electron chi connectivity index (χ0n) is 9.14. The Hall–Kier alpha value is -1.01. The molecule has 0 saturated heterocycles. The van der Waals surface area contributed by atoms with Crippen LogP contribution in [-0.2, 0) is 19.4 Å². The van der Waals surface area contributed by atoms with Crippen molar-refractivity contribution in [2.75, 3.05) is 0 Å². The first kappa shape index (κ1) is 11.5. The average Bonchev–Trinajstić information content (AvgIpc) is 2.88. The smallest absolute Gasteiger partial charge is 0.195 e. The van der Waals surface area contributed by atoms with Gasteiger partial charge in [0.15, 0.2) is 4.77 Å². The van der Waals surface area contributed by atoms with Gasteiger partial charge in [0.2, 0.25) is 0 Å². The minimum absolute atomic E-state index is 0.707. The normalized spacial score (nSPS) is 10.8. The van der Waals surface area contributed by atoms with E-state index in [0.717, 1.165) is 37.3 Å². The summed E-state index contributed by atoms with van der Waals surface area (Å²) in [6, 6.07) is 0. The standard InChI is InChI=1S/C10H14N4S2/c1-2-3-9-12-13-10(15)14(9)5-4-8-6-16-7-11-8/h6-7H,2-5H2,1H3,(H,13,15). The number of aromatic amines is 1. The highest BCUT2D eigenvalue weighted by molar-refractivity contribution is 7.71. The van der Waals surface area contributed by atoms with E-state index in [-0.39, 0.29) is 0 Å². The number of nitrogens with zero attached hydrogens (tertiary/aromatic N) is 3. The van der Waals surface area contributed by atoms with Crippen LogP contribution in [0.5, 0.6) is 0 Å². The molecule has 0 spiro atoms. The second kappa shape index (κ2) is 5.36. The lowest BCUT2D eigenvalue weighted by Crippen LogP contribution is -2.06. The fourth-order valence-corrected chi connectivity index (χ4v) is 2.42. The Kier molecular flexibility index (Phi) is 3.84. The summed E-state index contributed by atoms with van der Waals surface area (Å²) in [6.45, 7) is 3.00. The molecule has 0 saturated carbocycles. The van der Waals surface area contributed by atoms with Gasteiger partial charge >= 0.3 is 0 Å². The molecule has 4 nitrogen and oxygen atoms in total. The van der Waals surface area contributed by atoms with Crippen molar-refractivity contribution in [3.05, 3.63) is 27.2 Å². The molecule has 0 amide bonds. The molecule has 16 heavy (non-hydrogen) atoms. The number of nitrogens with one attached hydrogen (secondary N) is 1. The second-order valence-corrected chi connectivity index (χ2v) is 4.68. The fourth-order valence-electron chi connectivity index (χ4n) is 1.58. The van der Waals surface area contributed by atoms with E-state index in [1.54, 1.807) is 11.3 Å². The summed E-state index contributed by atoms with van der Waals surface area (Å²) in [5.41, 5.74) is 2.98. The van der Waals surface area contributed by atoms with Gasteiger partial charge < -0.3 is 4.57 Å². The fraction of sp³-hybridized carbons (Fsp3) is 0.500. The molecule has 0 fully saturated rings. The van der Waals surface area contributed by atoms with Crippen molar-refractivity contribution in [1.82, 2.24) is 19.7 Å². The number of hydrogen-bond donors (Lipinski definition) is 1. The maximum atomic E-state index is 5.21. The topological polar surface area (TPSA) is 46.5 Å². The van der Waals surface area contributed by atoms with Crippen LogP contribution in [0.1, 0.15) is 24.9 Å². The summed E-state index contributed by atoms with van der Waals surface area (Å²) >= 11 is 6.83. The van der Waals surface area contributed by atoms with E-state index in [1.807, 2.05) is 5.51 Å². The molecule has 1 N–H and O–H groups in total. The van der Waals surface area contributed by atoms with Crippen LogP contribution in [0.15, 0.2) is 10.9 Å². The highest BCUT2D eigenvalue weighted by atomic mass is 32.1. The third-order valence-electron chi connectivity index (χ3n) is 2.39. The maximum Gasteiger partial charge on any atom is 0.195 e. The summed E-state index contributed by atoms with van der Waals surface area (Å²) in [4.78, 5) is 4.26. The molecule has 0 aliphatic carbocycles. The Balaban J connectivity index is 2.08. The van der Waals surface area contributed by atoms with Crippen LogP contribution in [-0.4, -0.2) is 19.7 Å². The SMILES string of the molecule is CCCc1n[nH]c(=S)n1CCc1cscn1. The molecule has 2 aromatic rings. The zero-order valence-corrected chi connectivity index (χ0v) is 10.8. The first-order valence-electron chi connectivity index (χ1n) is 5.32. The van der Waals surface area contributed by atoms with Crippen LogP contribution in [0.3, 0.4) is 0 Å². The van der Waals surface area contributed by atoms with Gasteiger partial charge in [0, 0.05) is 24.8 Å². The van der Waals surface area contributed by atoms with Crippen LogP contribution in [0.4, 0.5) is 0 Å². The highest BCUT2D eigenvalue weighted by Crippen LogP contribution is 2.06. The van der Waals surface area contributed by atoms with E-state index in [4.69, 9.17) is 12.2 Å². The Morgan fingerprint density at radius 1 is 1.50 bits per heavy atom. The Bertz CT molecular complexity index is 483. The first-order valence-corrected chi connectivity index (χ1v) is 6.67. The van der Waals surface area contributed by atoms with Crippen LogP contribution in [0.25, 0.3) is 0 Å². The summed E-state index contributed by atoms with van der Waals surface area (Å²) in [6.07, 6.45) is 2.95. The number of aromatic nitrogens is 4. The number of thiazole rings is 1. The first-order chi connectivity index (χ1) is 7.81. The van der Waals surface area contributed by atoms with Crippen molar-refractivity contribution in [1.29, 1.82) is 0 Å². The Morgan fingerprint density at radius 2 is 2.38 bits per heavy atom. The molecule has 2 heterocycles. The molecule has 0 aliphatic rings. The lowest BCUT2D eigenvalue weighted by atomic mass is 10.3. The Morgan fingerprint density at radius 3 is 3.06 bits per heavy atom. The molecule has 86 valence electrons. The van der Waals surface area contributed by atoms with Gasteiger partial charge in [0.25, 0.3) is 0 Å². The van der Waals surface area contributed by atoms with E-state index in [9.17, 15) is 0 Å². The number of H-pyrrole nitrogens is 1. The predicted octanol–water partition coefficient (Wildman–Crippen LogP) is 2.59. The van der Waals surface area contributed by atoms with Crippen LogP contribution < -0.4 is 0 Å². The molecule has 0 aliphatic heterocycles. The summed E-state index contributed by atoms with van der Waals surface area (Å²) in [7, 11) is 0. The lowest BCUT2D eigenvalue weighted by molar-refractivity contribution is 0.631. The van der Waals surface area contributed by atoms with Gasteiger partial charge in [-0.05, 0) is 18.6 Å². The van der Waals surface area contributed by atoms with Gasteiger partial charge in [-0.25, -0.2) is 4.98 Å². The van der Waals surface area contributed by atoms with Gasteiger partial charge in [-0.3, -0.25) is 5.10 Å². The van der Waals surface area contributed by atoms with Gasteiger partial charge in [-0.1, -0.05) is 6.92 Å². The predicted molar refractivity (Wildman–Crippen MR) is 67.2 cm³/mol. The minimum atomic E-state index is 0.707. The highest BCUT2D eigenvalue weighted by Gasteiger charge is 2.05. The van der Waals surface area contributed by atoms with E-state index >= 15 is 0 Å². The molecule has 0 unspecified atom stereocenters. The van der Waals surface area contributed by atoms with Gasteiger partial charge in [0.05, 0.1) is 11.2 Å². The molecule has 6 heteroatoms. The second-order valence-electron chi connectivity index (χ2n) is 3.58. The van der Waals surface area contributed by atoms with E-state index in [2.05, 4.69) is 32.1 Å². The third kappa shape index (κ3) is 2.56. The van der Waals surface area contributed by atoms with Crippen LogP contribution in [0.2, 0.25) is 0 Å². The molecule has 2 rings (SSSR count). The molecule has 0 aromatic carbocycles. The summed E-state index contributed by atoms with van der Waals surface area (Å²) in [5, 5.41) is 9.16. The molecular formula is C10H14N4S2. The van der Waals surface area contributed by atoms with Crippen molar-refractivity contribution < 1.29 is 0 Å². The lowest BCUT2D eigenvalue weighted by Gasteiger charge is -2.04. The van der Waals surface area contributed by atoms with Gasteiger partial charge in [-0.2, -0.15) is 5.10 Å². The van der Waals surface area contributed by atoms with Crippen molar-refractivity contribution in [2.24, 2.45) is 0 Å². The number of hydrogen-bond acceptors (Lipinski definition) is 4.